The van der Waals surface area contributed by atoms with Crippen molar-refractivity contribution in [3.8, 4) is 0 Å². The Labute approximate surface area is 50.1 Å². The second-order valence-electron chi connectivity index (χ2n) is 2.78. The minimum atomic E-state index is -0.497. The van der Waals surface area contributed by atoms with Gasteiger partial charge in [-0.05, 0) is 18.8 Å². The highest BCUT2D eigenvalue weighted by molar-refractivity contribution is 4.70. The van der Waals surface area contributed by atoms with Gasteiger partial charge < -0.3 is 0 Å². The quantitative estimate of drug-likeness (QED) is 0.456. The Morgan fingerprint density at radius 1 is 1.25 bits per heavy atom. The Morgan fingerprint density at radius 2 is 1.88 bits per heavy atom. The molecule has 0 amide bonds. The van der Waals surface area contributed by atoms with Gasteiger partial charge in [-0.3, -0.25) is 0 Å². The first kappa shape index (κ1) is 6.06. The fraction of sp³-hybridized carbons (Fsp3) is 1.00. The SMILES string of the molecule is CC1CCCC[C@H]1F. The molecule has 0 aromatic rings. The number of alkyl halides is 1. The summed E-state index contributed by atoms with van der Waals surface area (Å²) in [5, 5.41) is 0. The normalized spacial score (nSPS) is 39.8. The predicted molar refractivity (Wildman–Crippen MR) is 32.5 cm³/mol. The van der Waals surface area contributed by atoms with Crippen molar-refractivity contribution in [2.75, 3.05) is 0 Å². The van der Waals surface area contributed by atoms with E-state index >= 15 is 0 Å². The summed E-state index contributed by atoms with van der Waals surface area (Å²) in [6.07, 6.45) is 3.75. The summed E-state index contributed by atoms with van der Waals surface area (Å²) in [6, 6.07) is 0. The van der Waals surface area contributed by atoms with Crippen LogP contribution in [0.4, 0.5) is 4.39 Å². The number of hydrogen-bond donors (Lipinski definition) is 0. The summed E-state index contributed by atoms with van der Waals surface area (Å²) < 4.78 is 12.6. The molecular weight excluding hydrogens is 103 g/mol. The first-order valence-electron chi connectivity index (χ1n) is 3.45. The first-order chi connectivity index (χ1) is 3.80. The van der Waals surface area contributed by atoms with E-state index in [0.29, 0.717) is 5.92 Å². The summed E-state index contributed by atoms with van der Waals surface area (Å²) in [5.41, 5.74) is 0. The summed E-state index contributed by atoms with van der Waals surface area (Å²) in [6.45, 7) is 2.00. The minimum absolute atomic E-state index is 0.337. The van der Waals surface area contributed by atoms with Gasteiger partial charge in [0.25, 0.3) is 0 Å². The molecule has 2 atom stereocenters. The third-order valence-electron chi connectivity index (χ3n) is 2.01. The van der Waals surface area contributed by atoms with Crippen LogP contribution in [0.25, 0.3) is 0 Å². The van der Waals surface area contributed by atoms with Crippen LogP contribution in [0.2, 0.25) is 0 Å². The zero-order chi connectivity index (χ0) is 5.98. The standard InChI is InChI=1S/C7H13F/c1-6-4-2-3-5-7(6)8/h6-7H,2-5H2,1H3/t6?,7-/m1/s1. The monoisotopic (exact) mass is 116 g/mol. The third kappa shape index (κ3) is 1.21. The molecule has 1 rings (SSSR count). The zero-order valence-corrected chi connectivity index (χ0v) is 5.36. The van der Waals surface area contributed by atoms with Crippen LogP contribution in [0.1, 0.15) is 32.6 Å². The zero-order valence-electron chi connectivity index (χ0n) is 5.36. The Bertz CT molecular complexity index is 60.8. The topological polar surface area (TPSA) is 0 Å². The van der Waals surface area contributed by atoms with Crippen molar-refractivity contribution in [2.45, 2.75) is 38.8 Å². The molecule has 8 heavy (non-hydrogen) atoms. The highest BCUT2D eigenvalue weighted by Crippen LogP contribution is 2.25. The Morgan fingerprint density at radius 3 is 2.25 bits per heavy atom. The van der Waals surface area contributed by atoms with E-state index < -0.39 is 6.17 Å². The lowest BCUT2D eigenvalue weighted by molar-refractivity contribution is 0.179. The maximum atomic E-state index is 12.6. The molecule has 1 aliphatic rings. The molecule has 1 aliphatic carbocycles. The van der Waals surface area contributed by atoms with Crippen molar-refractivity contribution < 1.29 is 4.39 Å². The van der Waals surface area contributed by atoms with Crippen LogP contribution in [0, 0.1) is 5.92 Å². The molecule has 0 saturated heterocycles. The van der Waals surface area contributed by atoms with Crippen LogP contribution in [0.5, 0.6) is 0 Å². The highest BCUT2D eigenvalue weighted by Gasteiger charge is 2.19. The maximum absolute atomic E-state index is 12.6. The molecule has 0 N–H and O–H groups in total. The molecule has 1 saturated carbocycles. The van der Waals surface area contributed by atoms with E-state index in [1.165, 1.54) is 6.42 Å². The molecule has 0 aliphatic heterocycles. The van der Waals surface area contributed by atoms with E-state index in [2.05, 4.69) is 0 Å². The van der Waals surface area contributed by atoms with Crippen molar-refractivity contribution in [3.05, 3.63) is 0 Å². The smallest absolute Gasteiger partial charge is 0.103 e. The van der Waals surface area contributed by atoms with E-state index in [4.69, 9.17) is 0 Å². The average Bonchev–Trinajstić information content (AvgIpc) is 1.77. The second-order valence-corrected chi connectivity index (χ2v) is 2.78. The van der Waals surface area contributed by atoms with Crippen LogP contribution >= 0.6 is 0 Å². The molecule has 1 unspecified atom stereocenters. The van der Waals surface area contributed by atoms with Crippen LogP contribution in [0.3, 0.4) is 0 Å². The Balaban J connectivity index is 2.28. The van der Waals surface area contributed by atoms with Crippen molar-refractivity contribution in [2.24, 2.45) is 5.92 Å². The second kappa shape index (κ2) is 2.47. The molecule has 48 valence electrons. The van der Waals surface area contributed by atoms with Gasteiger partial charge in [-0.15, -0.1) is 0 Å². The predicted octanol–water partition coefficient (Wildman–Crippen LogP) is 2.53. The Kier molecular flexibility index (Phi) is 1.87. The van der Waals surface area contributed by atoms with Gasteiger partial charge in [0.05, 0.1) is 0 Å². The number of halogens is 1. The summed E-state index contributed by atoms with van der Waals surface area (Å²) in [4.78, 5) is 0. The lowest BCUT2D eigenvalue weighted by Gasteiger charge is -2.21. The lowest BCUT2D eigenvalue weighted by Crippen LogP contribution is -2.16. The van der Waals surface area contributed by atoms with E-state index in [1.54, 1.807) is 0 Å². The average molecular weight is 116 g/mol. The van der Waals surface area contributed by atoms with Crippen LogP contribution < -0.4 is 0 Å². The fourth-order valence-electron chi connectivity index (χ4n) is 1.27. The summed E-state index contributed by atoms with van der Waals surface area (Å²) >= 11 is 0. The molecule has 1 fully saturated rings. The molecule has 0 aromatic carbocycles. The van der Waals surface area contributed by atoms with Gasteiger partial charge in [0.2, 0.25) is 0 Å². The number of hydrogen-bond acceptors (Lipinski definition) is 0. The Hall–Kier alpha value is -0.0700. The van der Waals surface area contributed by atoms with Gasteiger partial charge in [-0.25, -0.2) is 4.39 Å². The van der Waals surface area contributed by atoms with Crippen LogP contribution in [0.15, 0.2) is 0 Å². The maximum Gasteiger partial charge on any atom is 0.103 e. The third-order valence-corrected chi connectivity index (χ3v) is 2.01. The van der Waals surface area contributed by atoms with Gasteiger partial charge in [-0.1, -0.05) is 19.8 Å². The van der Waals surface area contributed by atoms with Gasteiger partial charge in [0, 0.05) is 0 Å². The fourth-order valence-corrected chi connectivity index (χ4v) is 1.27. The van der Waals surface area contributed by atoms with Gasteiger partial charge in [0.1, 0.15) is 6.17 Å². The lowest BCUT2D eigenvalue weighted by atomic mass is 9.89. The van der Waals surface area contributed by atoms with E-state index in [-0.39, 0.29) is 0 Å². The van der Waals surface area contributed by atoms with Crippen molar-refractivity contribution in [1.29, 1.82) is 0 Å². The van der Waals surface area contributed by atoms with E-state index in [0.717, 1.165) is 19.3 Å². The van der Waals surface area contributed by atoms with Crippen LogP contribution in [-0.2, 0) is 0 Å². The van der Waals surface area contributed by atoms with E-state index in [1.807, 2.05) is 6.92 Å². The van der Waals surface area contributed by atoms with Crippen LogP contribution in [-0.4, -0.2) is 6.17 Å². The molecular formula is C7H13F. The molecule has 0 radical (unpaired) electrons. The summed E-state index contributed by atoms with van der Waals surface area (Å²) in [7, 11) is 0. The molecule has 0 aromatic heterocycles. The highest BCUT2D eigenvalue weighted by atomic mass is 19.1. The molecule has 0 bridgehead atoms. The molecule has 0 nitrogen and oxygen atoms in total. The van der Waals surface area contributed by atoms with Crippen molar-refractivity contribution >= 4 is 0 Å². The molecule has 0 spiro atoms. The largest absolute Gasteiger partial charge is 0.247 e. The molecule has 1 heteroatoms. The summed E-state index contributed by atoms with van der Waals surface area (Å²) in [5.74, 6) is 0.337. The minimum Gasteiger partial charge on any atom is -0.247 e. The van der Waals surface area contributed by atoms with E-state index in [9.17, 15) is 4.39 Å². The van der Waals surface area contributed by atoms with Crippen molar-refractivity contribution in [3.63, 3.8) is 0 Å². The van der Waals surface area contributed by atoms with Crippen molar-refractivity contribution in [1.82, 2.24) is 0 Å². The first-order valence-corrected chi connectivity index (χ1v) is 3.45. The van der Waals surface area contributed by atoms with Gasteiger partial charge >= 0.3 is 0 Å². The van der Waals surface area contributed by atoms with Gasteiger partial charge in [0.15, 0.2) is 0 Å². The van der Waals surface area contributed by atoms with Gasteiger partial charge in [-0.2, -0.15) is 0 Å². The molecule has 0 heterocycles. The number of rotatable bonds is 0.